The van der Waals surface area contributed by atoms with Crippen LogP contribution in [0.25, 0.3) is 0 Å². The van der Waals surface area contributed by atoms with Gasteiger partial charge in [-0.3, -0.25) is 9.89 Å². The van der Waals surface area contributed by atoms with Gasteiger partial charge in [0.15, 0.2) is 5.69 Å². The minimum Gasteiger partial charge on any atom is -0.337 e. The second-order valence-corrected chi connectivity index (χ2v) is 8.46. The van der Waals surface area contributed by atoms with E-state index in [0.717, 1.165) is 76.1 Å². The number of nitrogens with zero attached hydrogens (tertiary/aromatic N) is 5. The van der Waals surface area contributed by atoms with Crippen LogP contribution in [0, 0.1) is 0 Å². The molecule has 2 aromatic rings. The van der Waals surface area contributed by atoms with Crippen LogP contribution in [-0.4, -0.2) is 69.2 Å². The molecule has 7 nitrogen and oxygen atoms in total. The van der Waals surface area contributed by atoms with E-state index in [0.29, 0.717) is 11.6 Å². The molecule has 28 heavy (non-hydrogen) atoms. The number of carbonyl (C=O) groups is 1. The van der Waals surface area contributed by atoms with Gasteiger partial charge in [-0.15, -0.1) is 0 Å². The molecule has 0 bridgehead atoms. The number of aromatic amines is 1. The Morgan fingerprint density at radius 2 is 2.14 bits per heavy atom. The Hall–Kier alpha value is -2.15. The smallest absolute Gasteiger partial charge is 0.274 e. The first-order valence-electron chi connectivity index (χ1n) is 10.6. The van der Waals surface area contributed by atoms with Gasteiger partial charge in [-0.05, 0) is 65.6 Å². The number of aryl methyl sites for hydroxylation is 2. The molecule has 0 spiro atoms. The summed E-state index contributed by atoms with van der Waals surface area (Å²) in [4.78, 5) is 22.1. The van der Waals surface area contributed by atoms with Crippen molar-refractivity contribution in [3.8, 4) is 0 Å². The van der Waals surface area contributed by atoms with Crippen molar-refractivity contribution in [1.82, 2.24) is 29.5 Å². The van der Waals surface area contributed by atoms with Gasteiger partial charge >= 0.3 is 0 Å². The molecule has 2 aliphatic rings. The first kappa shape index (κ1) is 19.2. The van der Waals surface area contributed by atoms with Crippen LogP contribution in [0.3, 0.4) is 0 Å². The van der Waals surface area contributed by atoms with Crippen LogP contribution >= 0.6 is 0 Å². The fourth-order valence-corrected chi connectivity index (χ4v) is 4.61. The molecule has 0 saturated carbocycles. The zero-order valence-electron chi connectivity index (χ0n) is 17.2. The van der Waals surface area contributed by atoms with Crippen molar-refractivity contribution in [2.24, 2.45) is 0 Å². The highest BCUT2D eigenvalue weighted by Crippen LogP contribution is 2.29. The lowest BCUT2D eigenvalue weighted by Gasteiger charge is -2.32. The van der Waals surface area contributed by atoms with Crippen molar-refractivity contribution < 1.29 is 4.79 Å². The van der Waals surface area contributed by atoms with E-state index in [1.165, 1.54) is 12.1 Å². The number of H-pyrrole nitrogens is 1. The summed E-state index contributed by atoms with van der Waals surface area (Å²) in [5, 5.41) is 7.50. The van der Waals surface area contributed by atoms with E-state index in [1.807, 2.05) is 11.1 Å². The minimum atomic E-state index is 0.0924. The molecule has 1 aliphatic heterocycles. The molecule has 152 valence electrons. The van der Waals surface area contributed by atoms with Gasteiger partial charge in [0.1, 0.15) is 5.82 Å². The van der Waals surface area contributed by atoms with E-state index in [-0.39, 0.29) is 5.91 Å². The van der Waals surface area contributed by atoms with Gasteiger partial charge in [0, 0.05) is 49.2 Å². The van der Waals surface area contributed by atoms with E-state index < -0.39 is 0 Å². The molecule has 7 heteroatoms. The summed E-state index contributed by atoms with van der Waals surface area (Å²) < 4.78 is 2.28. The lowest BCUT2D eigenvalue weighted by Crippen LogP contribution is -2.40. The number of carbonyl (C=O) groups excluding carboxylic acids is 1. The summed E-state index contributed by atoms with van der Waals surface area (Å²) in [6.07, 6.45) is 11.5. The summed E-state index contributed by atoms with van der Waals surface area (Å²) in [6, 6.07) is 0. The van der Waals surface area contributed by atoms with E-state index in [2.05, 4.69) is 44.9 Å². The monoisotopic (exact) mass is 384 g/mol. The summed E-state index contributed by atoms with van der Waals surface area (Å²) >= 11 is 0. The van der Waals surface area contributed by atoms with Gasteiger partial charge in [-0.1, -0.05) is 0 Å². The zero-order valence-corrected chi connectivity index (χ0v) is 17.2. The summed E-state index contributed by atoms with van der Waals surface area (Å²) in [7, 11) is 4.21. The van der Waals surface area contributed by atoms with Crippen LogP contribution < -0.4 is 0 Å². The van der Waals surface area contributed by atoms with Crippen molar-refractivity contribution >= 4 is 5.91 Å². The molecule has 1 aliphatic carbocycles. The predicted molar refractivity (Wildman–Crippen MR) is 109 cm³/mol. The van der Waals surface area contributed by atoms with Crippen molar-refractivity contribution in [3.63, 3.8) is 0 Å². The van der Waals surface area contributed by atoms with Crippen molar-refractivity contribution in [1.29, 1.82) is 0 Å². The zero-order chi connectivity index (χ0) is 19.5. The quantitative estimate of drug-likeness (QED) is 0.831. The first-order valence-corrected chi connectivity index (χ1v) is 10.6. The maximum absolute atomic E-state index is 13.2. The molecule has 1 N–H and O–H groups in total. The second-order valence-electron chi connectivity index (χ2n) is 8.46. The fourth-order valence-electron chi connectivity index (χ4n) is 4.61. The fraction of sp³-hybridized carbons (Fsp3) is 0.667. The van der Waals surface area contributed by atoms with E-state index in [1.54, 1.807) is 0 Å². The van der Waals surface area contributed by atoms with Crippen molar-refractivity contribution in [3.05, 3.63) is 35.2 Å². The minimum absolute atomic E-state index is 0.0924. The average Bonchev–Trinajstić information content (AvgIpc) is 3.34. The van der Waals surface area contributed by atoms with Gasteiger partial charge in [0.25, 0.3) is 5.91 Å². The Balaban J connectivity index is 1.44. The number of hydrogen-bond donors (Lipinski definition) is 1. The van der Waals surface area contributed by atoms with Gasteiger partial charge in [0.2, 0.25) is 0 Å². The highest BCUT2D eigenvalue weighted by atomic mass is 16.2. The largest absolute Gasteiger partial charge is 0.337 e. The Morgan fingerprint density at radius 3 is 3.00 bits per heavy atom. The predicted octanol–water partition coefficient (Wildman–Crippen LogP) is 2.46. The molecular weight excluding hydrogens is 352 g/mol. The van der Waals surface area contributed by atoms with Crippen LogP contribution in [0.4, 0.5) is 0 Å². The van der Waals surface area contributed by atoms with Crippen molar-refractivity contribution in [2.45, 2.75) is 57.4 Å². The molecule has 3 heterocycles. The van der Waals surface area contributed by atoms with Crippen LogP contribution in [0.5, 0.6) is 0 Å². The molecule has 4 rings (SSSR count). The van der Waals surface area contributed by atoms with Crippen LogP contribution in [0.2, 0.25) is 0 Å². The SMILES string of the molecule is CN(C)CCCn1ccnc1[C@@H]1CCCN(C(=O)c2n[nH]c3c2CCCC3)C1. The Labute approximate surface area is 167 Å². The Morgan fingerprint density at radius 1 is 1.29 bits per heavy atom. The standard InChI is InChI=1S/C21H32N6O/c1-25(2)11-6-13-26-14-10-22-20(26)16-7-5-12-27(15-16)21(28)19-17-8-3-4-9-18(17)23-24-19/h10,14,16H,3-9,11-13,15H2,1-2H3,(H,23,24)/t16-/m1/s1. The van der Waals surface area contributed by atoms with Crippen LogP contribution in [0.15, 0.2) is 12.4 Å². The number of rotatable bonds is 6. The Kier molecular flexibility index (Phi) is 5.80. The summed E-state index contributed by atoms with van der Waals surface area (Å²) in [5.41, 5.74) is 2.98. The summed E-state index contributed by atoms with van der Waals surface area (Å²) in [6.45, 7) is 3.60. The van der Waals surface area contributed by atoms with Crippen molar-refractivity contribution in [2.75, 3.05) is 33.7 Å². The molecule has 1 amide bonds. The number of piperidine rings is 1. The number of hydrogen-bond acceptors (Lipinski definition) is 4. The van der Waals surface area contributed by atoms with Crippen LogP contribution in [-0.2, 0) is 19.4 Å². The lowest BCUT2D eigenvalue weighted by atomic mass is 9.94. The molecular formula is C21H32N6O. The highest BCUT2D eigenvalue weighted by Gasteiger charge is 2.31. The number of nitrogens with one attached hydrogen (secondary N) is 1. The van der Waals surface area contributed by atoms with Gasteiger partial charge in [0.05, 0.1) is 0 Å². The number of fused-ring (bicyclic) bond motifs is 1. The molecule has 1 fully saturated rings. The third kappa shape index (κ3) is 3.99. The number of amides is 1. The molecule has 0 radical (unpaired) electrons. The van der Waals surface area contributed by atoms with E-state index in [4.69, 9.17) is 0 Å². The van der Waals surface area contributed by atoms with Gasteiger partial charge in [-0.2, -0.15) is 5.10 Å². The topological polar surface area (TPSA) is 70.1 Å². The summed E-state index contributed by atoms with van der Waals surface area (Å²) in [5.74, 6) is 1.52. The molecule has 1 atom stereocenters. The Bertz CT molecular complexity index is 808. The third-order valence-corrected chi connectivity index (χ3v) is 6.08. The van der Waals surface area contributed by atoms with E-state index in [9.17, 15) is 4.79 Å². The third-order valence-electron chi connectivity index (χ3n) is 6.08. The van der Waals surface area contributed by atoms with Crippen LogP contribution in [0.1, 0.15) is 65.6 Å². The normalized spacial score (nSPS) is 19.8. The first-order chi connectivity index (χ1) is 13.6. The highest BCUT2D eigenvalue weighted by molar-refractivity contribution is 5.94. The molecule has 0 unspecified atom stereocenters. The maximum atomic E-state index is 13.2. The molecule has 0 aromatic carbocycles. The van der Waals surface area contributed by atoms with Gasteiger partial charge in [-0.25, -0.2) is 4.98 Å². The number of aromatic nitrogens is 4. The number of imidazole rings is 1. The molecule has 1 saturated heterocycles. The lowest BCUT2D eigenvalue weighted by molar-refractivity contribution is 0.0696. The van der Waals surface area contributed by atoms with Gasteiger partial charge < -0.3 is 14.4 Å². The number of likely N-dealkylation sites (tertiary alicyclic amines) is 1. The molecule has 2 aromatic heterocycles. The second kappa shape index (κ2) is 8.47. The average molecular weight is 385 g/mol. The maximum Gasteiger partial charge on any atom is 0.274 e. The van der Waals surface area contributed by atoms with E-state index >= 15 is 0 Å².